The Morgan fingerprint density at radius 1 is 1.04 bits per heavy atom. The number of para-hydroxylation sites is 1. The highest BCUT2D eigenvalue weighted by atomic mass is 16.3. The molecule has 3 heterocycles. The van der Waals surface area contributed by atoms with Crippen LogP contribution in [0.15, 0.2) is 65.5 Å². The lowest BCUT2D eigenvalue weighted by Gasteiger charge is -2.09. The maximum Gasteiger partial charge on any atom is 0.245 e. The number of anilines is 3. The van der Waals surface area contributed by atoms with Crippen LogP contribution in [0.2, 0.25) is 0 Å². The van der Waals surface area contributed by atoms with Gasteiger partial charge in [-0.2, -0.15) is 10.1 Å². The van der Waals surface area contributed by atoms with Gasteiger partial charge in [-0.3, -0.25) is 4.98 Å². The summed E-state index contributed by atoms with van der Waals surface area (Å²) in [5.74, 6) is 1.81. The fraction of sp³-hybridized carbons (Fsp3) is 0.0588. The molecule has 4 aromatic rings. The van der Waals surface area contributed by atoms with E-state index in [0.717, 1.165) is 22.4 Å². The van der Waals surface area contributed by atoms with E-state index in [9.17, 15) is 0 Å². The summed E-state index contributed by atoms with van der Waals surface area (Å²) in [6.45, 7) is 0.494. The van der Waals surface area contributed by atoms with Crippen LogP contribution in [0.3, 0.4) is 0 Å². The third-order valence-corrected chi connectivity index (χ3v) is 3.46. The monoisotopic (exact) mass is 318 g/mol. The zero-order valence-electron chi connectivity index (χ0n) is 12.7. The number of rotatable bonds is 5. The fourth-order valence-corrected chi connectivity index (χ4v) is 2.36. The summed E-state index contributed by atoms with van der Waals surface area (Å²) >= 11 is 0. The van der Waals surface area contributed by atoms with Gasteiger partial charge in [0.2, 0.25) is 5.95 Å². The molecule has 0 bridgehead atoms. The van der Waals surface area contributed by atoms with E-state index in [2.05, 4.69) is 30.8 Å². The highest BCUT2D eigenvalue weighted by Gasteiger charge is 2.05. The van der Waals surface area contributed by atoms with Gasteiger partial charge in [0.1, 0.15) is 5.76 Å². The summed E-state index contributed by atoms with van der Waals surface area (Å²) < 4.78 is 5.27. The Morgan fingerprint density at radius 2 is 2.00 bits per heavy atom. The van der Waals surface area contributed by atoms with Gasteiger partial charge in [0, 0.05) is 11.6 Å². The number of benzene rings is 1. The van der Waals surface area contributed by atoms with E-state index in [4.69, 9.17) is 4.42 Å². The average molecular weight is 318 g/mol. The Kier molecular flexibility index (Phi) is 3.73. The number of nitrogens with one attached hydrogen (secondary N) is 2. The molecule has 0 aliphatic rings. The highest BCUT2D eigenvalue weighted by molar-refractivity contribution is 5.91. The van der Waals surface area contributed by atoms with E-state index in [1.165, 1.54) is 0 Å². The number of pyridine rings is 1. The first-order valence-corrected chi connectivity index (χ1v) is 7.45. The summed E-state index contributed by atoms with van der Waals surface area (Å²) in [5, 5.41) is 15.3. The van der Waals surface area contributed by atoms with E-state index in [1.807, 2.05) is 42.5 Å². The molecule has 0 aliphatic heterocycles. The normalized spacial score (nSPS) is 10.7. The Bertz CT molecular complexity index is 949. The van der Waals surface area contributed by atoms with Gasteiger partial charge in [-0.05, 0) is 24.3 Å². The molecule has 0 saturated carbocycles. The van der Waals surface area contributed by atoms with Gasteiger partial charge in [-0.25, -0.2) is 0 Å². The van der Waals surface area contributed by atoms with E-state index in [-0.39, 0.29) is 0 Å². The maximum atomic E-state index is 5.27. The lowest BCUT2D eigenvalue weighted by molar-refractivity contribution is 0.517. The van der Waals surface area contributed by atoms with Gasteiger partial charge in [0.05, 0.1) is 30.2 Å². The third kappa shape index (κ3) is 3.00. The first-order valence-electron chi connectivity index (χ1n) is 7.45. The number of nitrogens with zero attached hydrogens (tertiary/aromatic N) is 4. The van der Waals surface area contributed by atoms with Gasteiger partial charge in [-0.15, -0.1) is 5.10 Å². The largest absolute Gasteiger partial charge is 0.467 e. The lowest BCUT2D eigenvalue weighted by Crippen LogP contribution is -2.06. The van der Waals surface area contributed by atoms with Crippen LogP contribution in [-0.4, -0.2) is 20.2 Å². The molecular formula is C17H14N6O. The minimum absolute atomic E-state index is 0.421. The molecule has 3 aromatic heterocycles. The molecule has 118 valence electrons. The molecule has 2 N–H and O–H groups in total. The molecule has 0 unspecified atom stereocenters. The number of furan rings is 1. The molecule has 0 radical (unpaired) electrons. The van der Waals surface area contributed by atoms with Crippen molar-refractivity contribution in [3.05, 3.63) is 66.9 Å². The van der Waals surface area contributed by atoms with Crippen LogP contribution in [0.5, 0.6) is 0 Å². The van der Waals surface area contributed by atoms with Crippen molar-refractivity contribution in [1.29, 1.82) is 0 Å². The molecule has 0 fully saturated rings. The summed E-state index contributed by atoms with van der Waals surface area (Å²) in [6, 6.07) is 13.6. The van der Waals surface area contributed by atoms with Crippen molar-refractivity contribution in [3.8, 4) is 0 Å². The van der Waals surface area contributed by atoms with E-state index >= 15 is 0 Å². The van der Waals surface area contributed by atoms with Crippen molar-refractivity contribution in [1.82, 2.24) is 20.2 Å². The number of hydrogen-bond donors (Lipinski definition) is 2. The summed E-state index contributed by atoms with van der Waals surface area (Å²) in [4.78, 5) is 8.82. The Hall–Kier alpha value is -3.48. The minimum Gasteiger partial charge on any atom is -0.467 e. The molecule has 1 aromatic carbocycles. The standard InChI is InChI=1S/C17H14N6O/c1-4-12-5-2-8-18-16(12)14(7-1)21-15-11-20-23-17(22-15)19-10-13-6-3-9-24-13/h1-9,11H,10H2,(H2,19,21,22,23). The summed E-state index contributed by atoms with van der Waals surface area (Å²) in [7, 11) is 0. The highest BCUT2D eigenvalue weighted by Crippen LogP contribution is 2.23. The van der Waals surface area contributed by atoms with E-state index in [0.29, 0.717) is 18.3 Å². The smallest absolute Gasteiger partial charge is 0.245 e. The van der Waals surface area contributed by atoms with Crippen LogP contribution in [0.25, 0.3) is 10.9 Å². The van der Waals surface area contributed by atoms with Crippen molar-refractivity contribution < 1.29 is 4.42 Å². The first-order chi connectivity index (χ1) is 11.9. The Morgan fingerprint density at radius 3 is 2.92 bits per heavy atom. The van der Waals surface area contributed by atoms with E-state index in [1.54, 1.807) is 18.7 Å². The van der Waals surface area contributed by atoms with Gasteiger partial charge >= 0.3 is 0 Å². The number of hydrogen-bond acceptors (Lipinski definition) is 7. The predicted molar refractivity (Wildman–Crippen MR) is 90.9 cm³/mol. The van der Waals surface area contributed by atoms with Crippen molar-refractivity contribution in [2.75, 3.05) is 10.6 Å². The number of fused-ring (bicyclic) bond motifs is 1. The van der Waals surface area contributed by atoms with Gasteiger partial charge < -0.3 is 15.1 Å². The fourth-order valence-electron chi connectivity index (χ4n) is 2.36. The summed E-state index contributed by atoms with van der Waals surface area (Å²) in [5.41, 5.74) is 1.74. The van der Waals surface area contributed by atoms with Crippen molar-refractivity contribution >= 4 is 28.4 Å². The minimum atomic E-state index is 0.421. The van der Waals surface area contributed by atoms with Crippen molar-refractivity contribution in [3.63, 3.8) is 0 Å². The molecular weight excluding hydrogens is 304 g/mol. The lowest BCUT2D eigenvalue weighted by atomic mass is 10.2. The van der Waals surface area contributed by atoms with Crippen LogP contribution >= 0.6 is 0 Å². The molecule has 7 heteroatoms. The molecule has 0 atom stereocenters. The first kappa shape index (κ1) is 14.1. The van der Waals surface area contributed by atoms with Crippen molar-refractivity contribution in [2.45, 2.75) is 6.54 Å². The van der Waals surface area contributed by atoms with Crippen molar-refractivity contribution in [2.24, 2.45) is 0 Å². The second-order valence-corrected chi connectivity index (χ2v) is 5.10. The third-order valence-electron chi connectivity index (χ3n) is 3.46. The molecule has 0 spiro atoms. The maximum absolute atomic E-state index is 5.27. The zero-order valence-corrected chi connectivity index (χ0v) is 12.7. The summed E-state index contributed by atoms with van der Waals surface area (Å²) in [6.07, 6.45) is 4.96. The predicted octanol–water partition coefficient (Wildman–Crippen LogP) is 3.37. The van der Waals surface area contributed by atoms with Gasteiger partial charge in [0.15, 0.2) is 5.82 Å². The molecule has 7 nitrogen and oxygen atoms in total. The SMILES string of the molecule is c1coc(CNc2nncc(Nc3cccc4cccnc34)n2)c1. The Labute approximate surface area is 137 Å². The van der Waals surface area contributed by atoms with Crippen LogP contribution < -0.4 is 10.6 Å². The molecule has 0 saturated heterocycles. The average Bonchev–Trinajstić information content (AvgIpc) is 3.14. The van der Waals surface area contributed by atoms with Gasteiger partial charge in [-0.1, -0.05) is 18.2 Å². The molecule has 4 rings (SSSR count). The molecule has 0 amide bonds. The quantitative estimate of drug-likeness (QED) is 0.583. The van der Waals surface area contributed by atoms with E-state index < -0.39 is 0 Å². The van der Waals surface area contributed by atoms with Crippen LogP contribution in [0, 0.1) is 0 Å². The van der Waals surface area contributed by atoms with Crippen LogP contribution in [0.4, 0.5) is 17.5 Å². The van der Waals surface area contributed by atoms with Crippen LogP contribution in [-0.2, 0) is 6.54 Å². The zero-order chi connectivity index (χ0) is 16.2. The Balaban J connectivity index is 1.55. The van der Waals surface area contributed by atoms with Crippen LogP contribution in [0.1, 0.15) is 5.76 Å². The topological polar surface area (TPSA) is 88.8 Å². The molecule has 24 heavy (non-hydrogen) atoms. The van der Waals surface area contributed by atoms with Gasteiger partial charge in [0.25, 0.3) is 0 Å². The second-order valence-electron chi connectivity index (χ2n) is 5.10. The second kappa shape index (κ2) is 6.33. The molecule has 0 aliphatic carbocycles. The number of aromatic nitrogens is 4.